The molecule has 0 bridgehead atoms. The number of benzene rings is 2. The van der Waals surface area contributed by atoms with Crippen molar-refractivity contribution >= 4 is 11.6 Å². The van der Waals surface area contributed by atoms with Gasteiger partial charge in [0.1, 0.15) is 0 Å². The molecule has 0 N–H and O–H groups in total. The molecule has 0 radical (unpaired) electrons. The molecule has 0 aliphatic rings. The standard InChI is InChI=1S/C15H10ClF5/c1-6-3-4-8(5-7(6)2)10(16)9-11(17)13(19)15(21)14(20)12(9)18/h3-5,10H,1-2H3. The minimum absolute atomic E-state index is 0.253. The van der Waals surface area contributed by atoms with Gasteiger partial charge in [-0.05, 0) is 30.5 Å². The highest BCUT2D eigenvalue weighted by atomic mass is 35.5. The van der Waals surface area contributed by atoms with Crippen molar-refractivity contribution in [2.45, 2.75) is 19.2 Å². The van der Waals surface area contributed by atoms with Gasteiger partial charge in [0, 0.05) is 0 Å². The van der Waals surface area contributed by atoms with Crippen LogP contribution in [-0.4, -0.2) is 0 Å². The zero-order valence-corrected chi connectivity index (χ0v) is 11.8. The highest BCUT2D eigenvalue weighted by Crippen LogP contribution is 2.36. The van der Waals surface area contributed by atoms with Crippen molar-refractivity contribution in [3.05, 3.63) is 69.5 Å². The zero-order valence-electron chi connectivity index (χ0n) is 11.1. The molecule has 21 heavy (non-hydrogen) atoms. The molecule has 2 aromatic carbocycles. The highest BCUT2D eigenvalue weighted by Gasteiger charge is 2.30. The molecule has 1 atom stereocenters. The van der Waals surface area contributed by atoms with E-state index >= 15 is 0 Å². The molecule has 6 heteroatoms. The Morgan fingerprint density at radius 3 is 1.71 bits per heavy atom. The second-order valence-electron chi connectivity index (χ2n) is 4.69. The van der Waals surface area contributed by atoms with Crippen LogP contribution >= 0.6 is 11.6 Å². The first kappa shape index (κ1) is 15.8. The monoisotopic (exact) mass is 320 g/mol. The van der Waals surface area contributed by atoms with Crippen LogP contribution in [-0.2, 0) is 0 Å². The fraction of sp³-hybridized carbons (Fsp3) is 0.200. The van der Waals surface area contributed by atoms with Crippen molar-refractivity contribution < 1.29 is 22.0 Å². The van der Waals surface area contributed by atoms with Crippen molar-refractivity contribution in [2.75, 3.05) is 0 Å². The van der Waals surface area contributed by atoms with Crippen molar-refractivity contribution in [1.82, 2.24) is 0 Å². The first-order valence-corrected chi connectivity index (χ1v) is 6.41. The smallest absolute Gasteiger partial charge is 0.200 e. The van der Waals surface area contributed by atoms with E-state index in [0.29, 0.717) is 0 Å². The Morgan fingerprint density at radius 1 is 0.762 bits per heavy atom. The lowest BCUT2D eigenvalue weighted by molar-refractivity contribution is 0.371. The van der Waals surface area contributed by atoms with Crippen LogP contribution in [0.3, 0.4) is 0 Å². The first-order valence-electron chi connectivity index (χ1n) is 5.98. The van der Waals surface area contributed by atoms with Crippen LogP contribution in [0.4, 0.5) is 22.0 Å². The van der Waals surface area contributed by atoms with Gasteiger partial charge in [-0.15, -0.1) is 11.6 Å². The molecular weight excluding hydrogens is 311 g/mol. The van der Waals surface area contributed by atoms with E-state index < -0.39 is 40.0 Å². The molecule has 2 aromatic rings. The molecule has 0 amide bonds. The number of hydrogen-bond donors (Lipinski definition) is 0. The Hall–Kier alpha value is -1.62. The number of aryl methyl sites for hydroxylation is 2. The molecule has 0 saturated heterocycles. The topological polar surface area (TPSA) is 0 Å². The molecule has 0 aliphatic carbocycles. The van der Waals surface area contributed by atoms with Gasteiger partial charge in [0.2, 0.25) is 5.82 Å². The van der Waals surface area contributed by atoms with E-state index in [1.807, 2.05) is 6.92 Å². The second kappa shape index (κ2) is 5.64. The molecule has 0 aromatic heterocycles. The summed E-state index contributed by atoms with van der Waals surface area (Å²) in [5.74, 6) is -10.0. The maximum Gasteiger partial charge on any atom is 0.200 e. The third-order valence-electron chi connectivity index (χ3n) is 3.32. The maximum absolute atomic E-state index is 13.7. The summed E-state index contributed by atoms with van der Waals surface area (Å²) in [6.45, 7) is 3.57. The van der Waals surface area contributed by atoms with Crippen molar-refractivity contribution in [1.29, 1.82) is 0 Å². The molecule has 0 heterocycles. The third kappa shape index (κ3) is 2.62. The molecule has 2 rings (SSSR count). The zero-order chi connectivity index (χ0) is 15.9. The highest BCUT2D eigenvalue weighted by molar-refractivity contribution is 6.22. The lowest BCUT2D eigenvalue weighted by Gasteiger charge is -2.15. The Balaban J connectivity index is 2.63. The minimum atomic E-state index is -2.20. The summed E-state index contributed by atoms with van der Waals surface area (Å²) < 4.78 is 66.8. The van der Waals surface area contributed by atoms with E-state index in [4.69, 9.17) is 11.6 Å². The van der Waals surface area contributed by atoms with Crippen LogP contribution in [0.25, 0.3) is 0 Å². The Kier molecular flexibility index (Phi) is 4.23. The van der Waals surface area contributed by atoms with Gasteiger partial charge in [-0.2, -0.15) is 0 Å². The summed E-state index contributed by atoms with van der Waals surface area (Å²) >= 11 is 5.93. The Bertz CT molecular complexity index is 683. The van der Waals surface area contributed by atoms with E-state index in [0.717, 1.165) is 11.1 Å². The minimum Gasteiger partial charge on any atom is -0.203 e. The fourth-order valence-electron chi connectivity index (χ4n) is 1.93. The average molecular weight is 321 g/mol. The molecule has 0 aliphatic heterocycles. The molecule has 112 valence electrons. The van der Waals surface area contributed by atoms with Crippen LogP contribution in [0.5, 0.6) is 0 Å². The van der Waals surface area contributed by atoms with Gasteiger partial charge in [-0.3, -0.25) is 0 Å². The van der Waals surface area contributed by atoms with Gasteiger partial charge < -0.3 is 0 Å². The first-order chi connectivity index (χ1) is 9.75. The summed E-state index contributed by atoms with van der Waals surface area (Å²) in [7, 11) is 0. The molecule has 0 nitrogen and oxygen atoms in total. The second-order valence-corrected chi connectivity index (χ2v) is 5.13. The molecule has 0 fully saturated rings. The normalized spacial score (nSPS) is 12.6. The van der Waals surface area contributed by atoms with E-state index in [9.17, 15) is 22.0 Å². The summed E-state index contributed by atoms with van der Waals surface area (Å²) in [6, 6.07) is 4.69. The van der Waals surface area contributed by atoms with Crippen LogP contribution in [0.15, 0.2) is 18.2 Å². The number of hydrogen-bond acceptors (Lipinski definition) is 0. The van der Waals surface area contributed by atoms with Gasteiger partial charge >= 0.3 is 0 Å². The largest absolute Gasteiger partial charge is 0.203 e. The van der Waals surface area contributed by atoms with E-state index in [-0.39, 0.29) is 5.56 Å². The molecule has 0 spiro atoms. The van der Waals surface area contributed by atoms with Gasteiger partial charge in [0.05, 0.1) is 10.9 Å². The van der Waals surface area contributed by atoms with Gasteiger partial charge in [-0.1, -0.05) is 18.2 Å². The van der Waals surface area contributed by atoms with Crippen molar-refractivity contribution in [2.24, 2.45) is 0 Å². The third-order valence-corrected chi connectivity index (χ3v) is 3.79. The molecular formula is C15H10ClF5. The van der Waals surface area contributed by atoms with Crippen molar-refractivity contribution in [3.63, 3.8) is 0 Å². The Labute approximate surface area is 123 Å². The summed E-state index contributed by atoms with van der Waals surface area (Å²) in [6.07, 6.45) is 0. The van der Waals surface area contributed by atoms with Crippen LogP contribution in [0, 0.1) is 42.9 Å². The Morgan fingerprint density at radius 2 is 1.24 bits per heavy atom. The average Bonchev–Trinajstić information content (AvgIpc) is 2.46. The summed E-state index contributed by atoms with van der Waals surface area (Å²) in [5.41, 5.74) is 0.918. The van der Waals surface area contributed by atoms with Gasteiger partial charge in [0.15, 0.2) is 23.3 Å². The van der Waals surface area contributed by atoms with Crippen LogP contribution in [0.1, 0.15) is 27.6 Å². The summed E-state index contributed by atoms with van der Waals surface area (Å²) in [5, 5.41) is -1.48. The predicted octanol–water partition coefficient (Wildman–Crippen LogP) is 5.33. The lowest BCUT2D eigenvalue weighted by Crippen LogP contribution is -2.09. The quantitative estimate of drug-likeness (QED) is 0.304. The SMILES string of the molecule is Cc1ccc(C(Cl)c2c(F)c(F)c(F)c(F)c2F)cc1C. The predicted molar refractivity (Wildman–Crippen MR) is 69.8 cm³/mol. The van der Waals surface area contributed by atoms with E-state index in [1.165, 1.54) is 6.07 Å². The lowest BCUT2D eigenvalue weighted by atomic mass is 9.99. The van der Waals surface area contributed by atoms with Crippen LogP contribution in [0.2, 0.25) is 0 Å². The van der Waals surface area contributed by atoms with Gasteiger partial charge in [-0.25, -0.2) is 22.0 Å². The number of rotatable bonds is 2. The van der Waals surface area contributed by atoms with E-state index in [2.05, 4.69) is 0 Å². The maximum atomic E-state index is 13.7. The van der Waals surface area contributed by atoms with Gasteiger partial charge in [0.25, 0.3) is 0 Å². The van der Waals surface area contributed by atoms with Crippen molar-refractivity contribution in [3.8, 4) is 0 Å². The number of alkyl halides is 1. The molecule has 0 saturated carbocycles. The van der Waals surface area contributed by atoms with E-state index in [1.54, 1.807) is 19.1 Å². The molecule has 1 unspecified atom stereocenters. The van der Waals surface area contributed by atoms with Crippen LogP contribution < -0.4 is 0 Å². The summed E-state index contributed by atoms with van der Waals surface area (Å²) in [4.78, 5) is 0. The number of halogens is 6. The fourth-order valence-corrected chi connectivity index (χ4v) is 2.26.